The number of halogens is 4. The maximum Gasteiger partial charge on any atom is 0.424 e. The Hall–Kier alpha value is -3.93. The second-order valence-electron chi connectivity index (χ2n) is 7.50. The molecule has 1 unspecified atom stereocenters. The van der Waals surface area contributed by atoms with E-state index in [1.165, 1.54) is 42.5 Å². The maximum atomic E-state index is 13.4. The van der Waals surface area contributed by atoms with E-state index in [9.17, 15) is 27.5 Å². The van der Waals surface area contributed by atoms with Crippen LogP contribution in [-0.4, -0.2) is 38.6 Å². The fourth-order valence-electron chi connectivity index (χ4n) is 3.42. The van der Waals surface area contributed by atoms with Crippen LogP contribution in [0.2, 0.25) is 0 Å². The fourth-order valence-corrected chi connectivity index (χ4v) is 3.42. The van der Waals surface area contributed by atoms with Crippen LogP contribution in [0.3, 0.4) is 0 Å². The van der Waals surface area contributed by atoms with Crippen LogP contribution >= 0.6 is 0 Å². The van der Waals surface area contributed by atoms with Gasteiger partial charge in [0.15, 0.2) is 5.84 Å². The third-order valence-corrected chi connectivity index (χ3v) is 5.37. The Morgan fingerprint density at radius 3 is 2.35 bits per heavy atom. The van der Waals surface area contributed by atoms with Crippen molar-refractivity contribution >= 4 is 22.6 Å². The molecule has 1 amide bonds. The molecule has 3 aromatic rings. The Morgan fingerprint density at radius 1 is 1.18 bits per heavy atom. The maximum absolute atomic E-state index is 13.4. The molecule has 1 atom stereocenters. The van der Waals surface area contributed by atoms with Gasteiger partial charge in [0.25, 0.3) is 5.91 Å². The topological polar surface area (TPSA) is 140 Å². The number of nitrogens with zero attached hydrogens (tertiary/aromatic N) is 3. The molecule has 8 nitrogen and oxygen atoms in total. The standard InChI is InChI=1S/C22H20F4N6O2/c1-2-21(34,22(24,25)26)20(28)32(31-29)11-12-3-8-15-16(13-4-6-14(23)7-5-13)10-18(19(27)33)30-17(15)9-12/h3-10,28-29,34H,2,11H2,1H3,(H2,27,33). The van der Waals surface area contributed by atoms with Gasteiger partial charge in [-0.15, -0.1) is 0 Å². The number of benzene rings is 2. The number of carbonyl (C=O) groups excluding carboxylic acids is 1. The van der Waals surface area contributed by atoms with Gasteiger partial charge in [-0.1, -0.05) is 36.4 Å². The molecule has 5 N–H and O–H groups in total. The number of fused-ring (bicyclic) bond motifs is 1. The quantitative estimate of drug-likeness (QED) is 0.130. The number of hydrogen-bond acceptors (Lipinski definition) is 6. The Labute approximate surface area is 191 Å². The van der Waals surface area contributed by atoms with Gasteiger partial charge in [0.05, 0.1) is 12.1 Å². The van der Waals surface area contributed by atoms with Gasteiger partial charge < -0.3 is 10.8 Å². The van der Waals surface area contributed by atoms with Crippen molar-refractivity contribution in [2.45, 2.75) is 31.7 Å². The normalized spacial score (nSPS) is 13.4. The third kappa shape index (κ3) is 4.57. The summed E-state index contributed by atoms with van der Waals surface area (Å²) < 4.78 is 53.4. The van der Waals surface area contributed by atoms with Crippen molar-refractivity contribution in [2.75, 3.05) is 0 Å². The van der Waals surface area contributed by atoms with Gasteiger partial charge in [0.2, 0.25) is 5.60 Å². The number of hydrogen-bond donors (Lipinski definition) is 4. The van der Waals surface area contributed by atoms with E-state index in [1.54, 1.807) is 6.07 Å². The molecule has 12 heteroatoms. The van der Waals surface area contributed by atoms with E-state index in [2.05, 4.69) is 10.2 Å². The molecule has 34 heavy (non-hydrogen) atoms. The minimum absolute atomic E-state index is 0.0869. The lowest BCUT2D eigenvalue weighted by Gasteiger charge is -2.33. The van der Waals surface area contributed by atoms with Crippen molar-refractivity contribution in [3.05, 3.63) is 65.6 Å². The molecule has 0 radical (unpaired) electrons. The van der Waals surface area contributed by atoms with Crippen LogP contribution in [0, 0.1) is 16.8 Å². The van der Waals surface area contributed by atoms with E-state index >= 15 is 0 Å². The Kier molecular flexibility index (Phi) is 6.64. The van der Waals surface area contributed by atoms with Gasteiger partial charge in [-0.3, -0.25) is 10.2 Å². The second-order valence-corrected chi connectivity index (χ2v) is 7.50. The van der Waals surface area contributed by atoms with Gasteiger partial charge in [-0.05, 0) is 47.4 Å². The van der Waals surface area contributed by atoms with Crippen LogP contribution in [0.4, 0.5) is 17.6 Å². The molecule has 0 fully saturated rings. The second kappa shape index (κ2) is 9.14. The first-order valence-electron chi connectivity index (χ1n) is 9.93. The molecular formula is C22H20F4N6O2. The molecule has 1 aromatic heterocycles. The minimum atomic E-state index is -5.15. The number of nitrogens with two attached hydrogens (primary N) is 1. The van der Waals surface area contributed by atoms with Crippen LogP contribution in [0.1, 0.15) is 29.4 Å². The number of amidine groups is 1. The van der Waals surface area contributed by atoms with Crippen LogP contribution in [0.15, 0.2) is 53.8 Å². The van der Waals surface area contributed by atoms with Crippen molar-refractivity contribution in [1.82, 2.24) is 9.99 Å². The van der Waals surface area contributed by atoms with Crippen molar-refractivity contribution in [2.24, 2.45) is 11.0 Å². The minimum Gasteiger partial charge on any atom is -0.374 e. The van der Waals surface area contributed by atoms with Gasteiger partial charge >= 0.3 is 6.18 Å². The molecule has 0 aliphatic rings. The molecule has 1 heterocycles. The zero-order valence-corrected chi connectivity index (χ0v) is 17.8. The molecule has 0 bridgehead atoms. The summed E-state index contributed by atoms with van der Waals surface area (Å²) in [5.74, 6) is -2.58. The van der Waals surface area contributed by atoms with E-state index in [0.717, 1.165) is 6.92 Å². The predicted octanol–water partition coefficient (Wildman–Crippen LogP) is 4.57. The summed E-state index contributed by atoms with van der Waals surface area (Å²) in [4.78, 5) is 16.0. The number of alkyl halides is 3. The first-order valence-corrected chi connectivity index (χ1v) is 9.93. The molecule has 3 rings (SSSR count). The molecule has 2 aromatic carbocycles. The lowest BCUT2D eigenvalue weighted by atomic mass is 9.97. The van der Waals surface area contributed by atoms with Crippen LogP contribution < -0.4 is 5.73 Å². The fraction of sp³-hybridized carbons (Fsp3) is 0.227. The number of amides is 1. The lowest BCUT2D eigenvalue weighted by Crippen LogP contribution is -2.56. The van der Waals surface area contributed by atoms with Crippen molar-refractivity contribution in [3.63, 3.8) is 0 Å². The van der Waals surface area contributed by atoms with Crippen LogP contribution in [0.5, 0.6) is 0 Å². The largest absolute Gasteiger partial charge is 0.424 e. The van der Waals surface area contributed by atoms with Gasteiger partial charge in [0.1, 0.15) is 11.5 Å². The summed E-state index contributed by atoms with van der Waals surface area (Å²) in [6.07, 6.45) is -5.99. The van der Waals surface area contributed by atoms with E-state index in [-0.39, 0.29) is 11.2 Å². The summed E-state index contributed by atoms with van der Waals surface area (Å²) in [7, 11) is 0. The summed E-state index contributed by atoms with van der Waals surface area (Å²) in [5.41, 5.74) is 10.7. The first kappa shape index (κ1) is 24.7. The van der Waals surface area contributed by atoms with Gasteiger partial charge in [-0.25, -0.2) is 14.4 Å². The highest BCUT2D eigenvalue weighted by Gasteiger charge is 2.57. The zero-order valence-electron chi connectivity index (χ0n) is 17.8. The summed E-state index contributed by atoms with van der Waals surface area (Å²) in [5, 5.41) is 21.8. The summed E-state index contributed by atoms with van der Waals surface area (Å²) in [6.45, 7) is 0.609. The van der Waals surface area contributed by atoms with Crippen molar-refractivity contribution in [3.8, 4) is 11.1 Å². The smallest absolute Gasteiger partial charge is 0.374 e. The summed E-state index contributed by atoms with van der Waals surface area (Å²) >= 11 is 0. The number of rotatable bonds is 7. The Bertz CT molecular complexity index is 1260. The molecule has 178 valence electrons. The predicted molar refractivity (Wildman–Crippen MR) is 115 cm³/mol. The number of carbonyl (C=O) groups is 1. The average molecular weight is 476 g/mol. The van der Waals surface area contributed by atoms with Gasteiger partial charge in [0, 0.05) is 5.39 Å². The number of aromatic nitrogens is 1. The molecule has 0 saturated heterocycles. The molecule has 0 aliphatic heterocycles. The highest BCUT2D eigenvalue weighted by Crippen LogP contribution is 2.36. The summed E-state index contributed by atoms with van der Waals surface area (Å²) in [6, 6.07) is 11.5. The number of pyridine rings is 1. The molecule has 0 aliphatic carbocycles. The van der Waals surface area contributed by atoms with Gasteiger partial charge in [-0.2, -0.15) is 18.7 Å². The number of primary amides is 1. The van der Waals surface area contributed by atoms with E-state index < -0.39 is 42.3 Å². The zero-order chi connectivity index (χ0) is 25.3. The Morgan fingerprint density at radius 2 is 1.82 bits per heavy atom. The molecular weight excluding hydrogens is 456 g/mol. The van der Waals surface area contributed by atoms with E-state index in [1.807, 2.05) is 0 Å². The first-order chi connectivity index (χ1) is 15.9. The highest BCUT2D eigenvalue weighted by atomic mass is 19.4. The molecule has 0 spiro atoms. The van der Waals surface area contributed by atoms with E-state index in [0.29, 0.717) is 27.1 Å². The number of aliphatic hydroxyl groups is 1. The highest BCUT2D eigenvalue weighted by molar-refractivity contribution is 6.01. The van der Waals surface area contributed by atoms with E-state index in [4.69, 9.17) is 16.7 Å². The Balaban J connectivity index is 2.06. The SMILES string of the molecule is CCC(O)(C(=N)N(Cc1ccc2c(-c3ccc(F)cc3)cc(C(N)=O)nc2c1)N=N)C(F)(F)F. The number of nitrogens with one attached hydrogen (secondary N) is 2. The van der Waals surface area contributed by atoms with Crippen LogP contribution in [-0.2, 0) is 6.54 Å². The van der Waals surface area contributed by atoms with Crippen molar-refractivity contribution in [1.29, 1.82) is 10.9 Å². The van der Waals surface area contributed by atoms with Crippen molar-refractivity contribution < 1.29 is 27.5 Å². The third-order valence-electron chi connectivity index (χ3n) is 5.37. The monoisotopic (exact) mass is 476 g/mol. The van der Waals surface area contributed by atoms with Crippen LogP contribution in [0.25, 0.3) is 22.0 Å². The molecule has 0 saturated carbocycles. The average Bonchev–Trinajstić information content (AvgIpc) is 2.80. The lowest BCUT2D eigenvalue weighted by molar-refractivity contribution is -0.234.